The van der Waals surface area contributed by atoms with Crippen molar-refractivity contribution >= 4 is 39.0 Å². The summed E-state index contributed by atoms with van der Waals surface area (Å²) in [5.74, 6) is -0.133. The maximum atomic E-state index is 12.4. The second kappa shape index (κ2) is 6.18. The Hall–Kier alpha value is -3.11. The number of benzene rings is 1. The molecule has 0 aliphatic carbocycles. The molecule has 6 nitrogen and oxygen atoms in total. The molecule has 0 aliphatic heterocycles. The number of carbonyl (C=O) groups excluding carboxylic acids is 1. The maximum absolute atomic E-state index is 12.4. The smallest absolute Gasteiger partial charge is 0.263 e. The molecule has 5 N–H and O–H groups in total. The van der Waals surface area contributed by atoms with Crippen LogP contribution in [-0.2, 0) is 6.54 Å². The zero-order valence-corrected chi connectivity index (χ0v) is 13.8. The van der Waals surface area contributed by atoms with E-state index in [1.165, 1.54) is 11.3 Å². The van der Waals surface area contributed by atoms with Gasteiger partial charge in [0, 0.05) is 11.9 Å². The van der Waals surface area contributed by atoms with Crippen LogP contribution in [0.4, 0.5) is 11.5 Å². The molecule has 0 radical (unpaired) electrons. The van der Waals surface area contributed by atoms with Crippen LogP contribution in [0.2, 0.25) is 0 Å². The summed E-state index contributed by atoms with van der Waals surface area (Å²) in [6, 6.07) is 11.4. The van der Waals surface area contributed by atoms with Crippen molar-refractivity contribution in [3.8, 4) is 6.07 Å². The molecular formula is C17H15N5OS. The van der Waals surface area contributed by atoms with E-state index in [1.807, 2.05) is 37.3 Å². The number of amides is 1. The molecule has 3 rings (SSSR count). The third-order valence-corrected chi connectivity index (χ3v) is 4.76. The molecule has 0 atom stereocenters. The van der Waals surface area contributed by atoms with Gasteiger partial charge in [-0.05, 0) is 18.6 Å². The minimum atomic E-state index is -0.270. The molecule has 0 aliphatic rings. The summed E-state index contributed by atoms with van der Waals surface area (Å²) in [7, 11) is 0. The molecule has 0 saturated heterocycles. The number of rotatable bonds is 3. The van der Waals surface area contributed by atoms with Gasteiger partial charge in [0.25, 0.3) is 5.91 Å². The number of nitriles is 1. The third kappa shape index (κ3) is 2.87. The van der Waals surface area contributed by atoms with Crippen LogP contribution in [-0.4, -0.2) is 10.9 Å². The first-order valence-corrected chi connectivity index (χ1v) is 8.03. The highest BCUT2D eigenvalue weighted by atomic mass is 32.1. The number of anilines is 2. The van der Waals surface area contributed by atoms with E-state index in [1.54, 1.807) is 6.07 Å². The van der Waals surface area contributed by atoms with E-state index < -0.39 is 0 Å². The first kappa shape index (κ1) is 15.8. The Morgan fingerprint density at radius 1 is 1.33 bits per heavy atom. The van der Waals surface area contributed by atoms with E-state index in [0.717, 1.165) is 11.1 Å². The van der Waals surface area contributed by atoms with Crippen molar-refractivity contribution in [2.24, 2.45) is 0 Å². The highest BCUT2D eigenvalue weighted by Crippen LogP contribution is 2.34. The summed E-state index contributed by atoms with van der Waals surface area (Å²) in [6.07, 6.45) is 0. The second-order valence-corrected chi connectivity index (χ2v) is 6.40. The largest absolute Gasteiger partial charge is 0.397 e. The molecule has 0 fully saturated rings. The van der Waals surface area contributed by atoms with Crippen LogP contribution in [0.15, 0.2) is 30.3 Å². The number of hydrogen-bond acceptors (Lipinski definition) is 6. The van der Waals surface area contributed by atoms with Crippen molar-refractivity contribution in [2.45, 2.75) is 13.5 Å². The zero-order chi connectivity index (χ0) is 17.3. The molecule has 2 heterocycles. The molecule has 7 heteroatoms. The Morgan fingerprint density at radius 3 is 2.71 bits per heavy atom. The lowest BCUT2D eigenvalue weighted by Crippen LogP contribution is -2.22. The van der Waals surface area contributed by atoms with Gasteiger partial charge in [-0.3, -0.25) is 4.79 Å². The number of nitrogens with zero attached hydrogens (tertiary/aromatic N) is 2. The van der Waals surface area contributed by atoms with E-state index in [9.17, 15) is 4.79 Å². The molecule has 120 valence electrons. The first-order chi connectivity index (χ1) is 11.5. The number of carbonyl (C=O) groups is 1. The van der Waals surface area contributed by atoms with Crippen LogP contribution in [0.25, 0.3) is 10.2 Å². The van der Waals surface area contributed by atoms with Crippen LogP contribution >= 0.6 is 11.3 Å². The third-order valence-electron chi connectivity index (χ3n) is 3.65. The molecule has 0 unspecified atom stereocenters. The summed E-state index contributed by atoms with van der Waals surface area (Å²) < 4.78 is 0. The number of nitrogens with one attached hydrogen (secondary N) is 1. The van der Waals surface area contributed by atoms with Gasteiger partial charge >= 0.3 is 0 Å². The minimum absolute atomic E-state index is 0.137. The molecule has 0 bridgehead atoms. The van der Waals surface area contributed by atoms with Gasteiger partial charge in [0.15, 0.2) is 0 Å². The van der Waals surface area contributed by atoms with Gasteiger partial charge in [0.1, 0.15) is 21.6 Å². The molecule has 1 aromatic carbocycles. The predicted molar refractivity (Wildman–Crippen MR) is 95.5 cm³/mol. The van der Waals surface area contributed by atoms with Gasteiger partial charge in [-0.15, -0.1) is 11.3 Å². The SMILES string of the molecule is Cc1ccc(CNC(=O)c2sc3nc(N)c(C#N)cc3c2N)cc1. The number of aryl methyl sites for hydroxylation is 1. The maximum Gasteiger partial charge on any atom is 0.263 e. The van der Waals surface area contributed by atoms with Crippen molar-refractivity contribution in [1.29, 1.82) is 5.26 Å². The van der Waals surface area contributed by atoms with Crippen LogP contribution < -0.4 is 16.8 Å². The molecule has 24 heavy (non-hydrogen) atoms. The quantitative estimate of drug-likeness (QED) is 0.679. The van der Waals surface area contributed by atoms with Gasteiger partial charge in [-0.1, -0.05) is 29.8 Å². The van der Waals surface area contributed by atoms with Crippen molar-refractivity contribution < 1.29 is 4.79 Å². The topological polar surface area (TPSA) is 118 Å². The Balaban J connectivity index is 1.86. The second-order valence-electron chi connectivity index (χ2n) is 5.40. The zero-order valence-electron chi connectivity index (χ0n) is 13.0. The number of fused-ring (bicyclic) bond motifs is 1. The van der Waals surface area contributed by atoms with Crippen molar-refractivity contribution in [1.82, 2.24) is 10.3 Å². The monoisotopic (exact) mass is 337 g/mol. The minimum Gasteiger partial charge on any atom is -0.397 e. The standard InChI is InChI=1S/C17H15N5OS/c1-9-2-4-10(5-3-9)8-21-16(23)14-13(19)12-6-11(7-18)15(20)22-17(12)24-14/h2-6H,8,19H2,1H3,(H2,20,22)(H,21,23). The van der Waals surface area contributed by atoms with Crippen LogP contribution in [0.3, 0.4) is 0 Å². The summed E-state index contributed by atoms with van der Waals surface area (Å²) in [4.78, 5) is 17.5. The Morgan fingerprint density at radius 2 is 2.04 bits per heavy atom. The summed E-state index contributed by atoms with van der Waals surface area (Å²) in [5, 5.41) is 12.5. The average molecular weight is 337 g/mol. The molecule has 3 aromatic rings. The van der Waals surface area contributed by atoms with Gasteiger partial charge in [0.05, 0.1) is 11.3 Å². The predicted octanol–water partition coefficient (Wildman–Crippen LogP) is 2.57. The molecule has 2 aromatic heterocycles. The lowest BCUT2D eigenvalue weighted by molar-refractivity contribution is 0.0956. The lowest BCUT2D eigenvalue weighted by atomic mass is 10.1. The highest BCUT2D eigenvalue weighted by molar-refractivity contribution is 7.21. The molecular weight excluding hydrogens is 322 g/mol. The van der Waals surface area contributed by atoms with E-state index in [-0.39, 0.29) is 17.3 Å². The van der Waals surface area contributed by atoms with E-state index in [2.05, 4.69) is 10.3 Å². The number of hydrogen-bond donors (Lipinski definition) is 3. The summed E-state index contributed by atoms with van der Waals surface area (Å²) in [6.45, 7) is 2.42. The highest BCUT2D eigenvalue weighted by Gasteiger charge is 2.18. The first-order valence-electron chi connectivity index (χ1n) is 7.22. The van der Waals surface area contributed by atoms with Crippen molar-refractivity contribution in [3.63, 3.8) is 0 Å². The number of nitrogen functional groups attached to an aromatic ring is 2. The molecule has 1 amide bonds. The fraction of sp³-hybridized carbons (Fsp3) is 0.118. The normalized spacial score (nSPS) is 10.5. The van der Waals surface area contributed by atoms with E-state index >= 15 is 0 Å². The summed E-state index contributed by atoms with van der Waals surface area (Å²) in [5.41, 5.74) is 14.5. The van der Waals surface area contributed by atoms with Gasteiger partial charge in [0.2, 0.25) is 0 Å². The number of aromatic nitrogens is 1. The lowest BCUT2D eigenvalue weighted by Gasteiger charge is -2.05. The van der Waals surface area contributed by atoms with Crippen molar-refractivity contribution in [3.05, 3.63) is 51.9 Å². The Labute approximate surface area is 142 Å². The van der Waals surface area contributed by atoms with Gasteiger partial charge in [-0.2, -0.15) is 5.26 Å². The van der Waals surface area contributed by atoms with E-state index in [0.29, 0.717) is 27.3 Å². The van der Waals surface area contributed by atoms with Crippen LogP contribution in [0.1, 0.15) is 26.4 Å². The number of thiophene rings is 1. The van der Waals surface area contributed by atoms with Crippen molar-refractivity contribution in [2.75, 3.05) is 11.5 Å². The van der Waals surface area contributed by atoms with Crippen LogP contribution in [0, 0.1) is 18.3 Å². The fourth-order valence-electron chi connectivity index (χ4n) is 2.28. The van der Waals surface area contributed by atoms with E-state index in [4.69, 9.17) is 16.7 Å². The molecule has 0 spiro atoms. The van der Waals surface area contributed by atoms with Crippen LogP contribution in [0.5, 0.6) is 0 Å². The molecule has 0 saturated carbocycles. The number of pyridine rings is 1. The Kier molecular flexibility index (Phi) is 4.06. The fourth-order valence-corrected chi connectivity index (χ4v) is 3.28. The average Bonchev–Trinajstić information content (AvgIpc) is 2.89. The summed E-state index contributed by atoms with van der Waals surface area (Å²) >= 11 is 1.17. The van der Waals surface area contributed by atoms with Gasteiger partial charge < -0.3 is 16.8 Å². The Bertz CT molecular complexity index is 969. The number of nitrogens with two attached hydrogens (primary N) is 2. The van der Waals surface area contributed by atoms with Gasteiger partial charge in [-0.25, -0.2) is 4.98 Å².